The van der Waals surface area contributed by atoms with Gasteiger partial charge >= 0.3 is 0 Å². The van der Waals surface area contributed by atoms with Gasteiger partial charge in [-0.1, -0.05) is 19.3 Å². The average Bonchev–Trinajstić information content (AvgIpc) is 2.76. The summed E-state index contributed by atoms with van der Waals surface area (Å²) in [5.74, 6) is -0.217. The summed E-state index contributed by atoms with van der Waals surface area (Å²) in [5, 5.41) is 8.65. The lowest BCUT2D eigenvalue weighted by Gasteiger charge is -2.23. The highest BCUT2D eigenvalue weighted by atomic mass is 16.2. The van der Waals surface area contributed by atoms with E-state index in [9.17, 15) is 14.4 Å². The molecule has 4 rings (SSSR count). The van der Waals surface area contributed by atoms with Crippen molar-refractivity contribution in [2.45, 2.75) is 44.9 Å². The van der Waals surface area contributed by atoms with E-state index in [1.165, 1.54) is 19.3 Å². The van der Waals surface area contributed by atoms with Crippen LogP contribution in [0.15, 0.2) is 42.5 Å². The molecule has 0 bridgehead atoms. The van der Waals surface area contributed by atoms with Crippen LogP contribution in [0, 0.1) is 0 Å². The maximum absolute atomic E-state index is 12.6. The number of likely N-dealkylation sites (tertiary alicyclic amines) is 1. The molecule has 0 aliphatic carbocycles. The molecule has 3 amide bonds. The van der Waals surface area contributed by atoms with Crippen LogP contribution in [-0.4, -0.2) is 42.3 Å². The van der Waals surface area contributed by atoms with Crippen LogP contribution >= 0.6 is 0 Å². The van der Waals surface area contributed by atoms with Crippen LogP contribution in [0.3, 0.4) is 0 Å². The number of benzene rings is 2. The topological polar surface area (TPSA) is 90.5 Å². The molecule has 1 saturated heterocycles. The number of amides is 3. The summed E-state index contributed by atoms with van der Waals surface area (Å²) < 4.78 is 0. The van der Waals surface area contributed by atoms with E-state index >= 15 is 0 Å². The molecule has 2 heterocycles. The molecule has 3 N–H and O–H groups in total. The average molecular weight is 435 g/mol. The number of rotatable bonds is 5. The van der Waals surface area contributed by atoms with Gasteiger partial charge < -0.3 is 16.0 Å². The quantitative estimate of drug-likeness (QED) is 0.663. The maximum atomic E-state index is 12.6. The Hall–Kier alpha value is -3.19. The first-order valence-corrected chi connectivity index (χ1v) is 11.4. The zero-order chi connectivity index (χ0) is 22.3. The van der Waals surface area contributed by atoms with Crippen molar-refractivity contribution >= 4 is 34.8 Å². The van der Waals surface area contributed by atoms with Crippen molar-refractivity contribution in [3.8, 4) is 0 Å². The second-order valence-electron chi connectivity index (χ2n) is 8.54. The number of nitrogens with zero attached hydrogens (tertiary/aromatic N) is 1. The van der Waals surface area contributed by atoms with Crippen molar-refractivity contribution in [3.63, 3.8) is 0 Å². The zero-order valence-corrected chi connectivity index (χ0v) is 18.3. The second-order valence-corrected chi connectivity index (χ2v) is 8.54. The molecular weight excluding hydrogens is 404 g/mol. The Kier molecular flexibility index (Phi) is 7.17. The molecule has 2 aliphatic rings. The van der Waals surface area contributed by atoms with Gasteiger partial charge in [0, 0.05) is 29.0 Å². The SMILES string of the molecule is O=C(CN1CCCCCCC1)Nc1ccc(NC(=O)c2ccc3c(c2)CCC(=O)N3)cc1. The lowest BCUT2D eigenvalue weighted by molar-refractivity contribution is -0.117. The van der Waals surface area contributed by atoms with Gasteiger partial charge in [0.25, 0.3) is 5.91 Å². The molecule has 2 aliphatic heterocycles. The maximum Gasteiger partial charge on any atom is 0.255 e. The van der Waals surface area contributed by atoms with Gasteiger partial charge in [0.1, 0.15) is 0 Å². The van der Waals surface area contributed by atoms with Gasteiger partial charge in [-0.15, -0.1) is 0 Å². The van der Waals surface area contributed by atoms with Crippen LogP contribution in [0.5, 0.6) is 0 Å². The van der Waals surface area contributed by atoms with Crippen LogP contribution in [-0.2, 0) is 16.0 Å². The Morgan fingerprint density at radius 2 is 1.50 bits per heavy atom. The van der Waals surface area contributed by atoms with Crippen LogP contribution in [0.2, 0.25) is 0 Å². The molecule has 0 saturated carbocycles. The summed E-state index contributed by atoms with van der Waals surface area (Å²) in [6.45, 7) is 2.37. The number of hydrogen-bond donors (Lipinski definition) is 3. The van der Waals surface area contributed by atoms with E-state index in [2.05, 4.69) is 20.9 Å². The highest BCUT2D eigenvalue weighted by Gasteiger charge is 2.17. The fourth-order valence-corrected chi connectivity index (χ4v) is 4.24. The molecule has 0 radical (unpaired) electrons. The predicted octanol–water partition coefficient (Wildman–Crippen LogP) is 4.03. The number of carbonyl (C=O) groups is 3. The van der Waals surface area contributed by atoms with Gasteiger partial charge in [-0.05, 0) is 80.4 Å². The Bertz CT molecular complexity index is 979. The zero-order valence-electron chi connectivity index (χ0n) is 18.3. The molecule has 7 nitrogen and oxygen atoms in total. The van der Waals surface area contributed by atoms with Gasteiger partial charge in [-0.25, -0.2) is 0 Å². The van der Waals surface area contributed by atoms with Crippen molar-refractivity contribution in [3.05, 3.63) is 53.6 Å². The number of nitrogens with one attached hydrogen (secondary N) is 3. The molecular formula is C25H30N4O3. The molecule has 2 aromatic rings. The third-order valence-electron chi connectivity index (χ3n) is 6.01. The summed E-state index contributed by atoms with van der Waals surface area (Å²) in [7, 11) is 0. The van der Waals surface area contributed by atoms with Crippen LogP contribution in [0.25, 0.3) is 0 Å². The fraction of sp³-hybridized carbons (Fsp3) is 0.400. The predicted molar refractivity (Wildman–Crippen MR) is 126 cm³/mol. The normalized spacial score (nSPS) is 16.8. The summed E-state index contributed by atoms with van der Waals surface area (Å²) in [5.41, 5.74) is 3.65. The minimum atomic E-state index is -0.210. The third-order valence-corrected chi connectivity index (χ3v) is 6.01. The summed E-state index contributed by atoms with van der Waals surface area (Å²) in [6.07, 6.45) is 7.16. The van der Waals surface area contributed by atoms with Crippen molar-refractivity contribution < 1.29 is 14.4 Å². The standard InChI is InChI=1S/C25H30N4O3/c30-23-13-7-18-16-19(6-12-22(18)28-23)25(32)27-21-10-8-20(9-11-21)26-24(31)17-29-14-4-2-1-3-5-15-29/h6,8-12,16H,1-5,7,13-15,17H2,(H,26,31)(H,27,32)(H,28,30). The molecule has 0 spiro atoms. The molecule has 32 heavy (non-hydrogen) atoms. The van der Waals surface area contributed by atoms with E-state index in [4.69, 9.17) is 0 Å². The number of aryl methyl sites for hydroxylation is 1. The van der Waals surface area contributed by atoms with Gasteiger partial charge in [-0.2, -0.15) is 0 Å². The van der Waals surface area contributed by atoms with Gasteiger partial charge in [0.05, 0.1) is 6.54 Å². The van der Waals surface area contributed by atoms with Gasteiger partial charge in [-0.3, -0.25) is 19.3 Å². The van der Waals surface area contributed by atoms with E-state index in [1.54, 1.807) is 36.4 Å². The first-order chi connectivity index (χ1) is 15.6. The Labute approximate surface area is 188 Å². The highest BCUT2D eigenvalue weighted by Crippen LogP contribution is 2.24. The second kappa shape index (κ2) is 10.4. The number of anilines is 3. The first-order valence-electron chi connectivity index (χ1n) is 11.4. The Morgan fingerprint density at radius 1 is 0.844 bits per heavy atom. The van der Waals surface area contributed by atoms with Crippen molar-refractivity contribution in [1.29, 1.82) is 0 Å². The Morgan fingerprint density at radius 3 is 2.22 bits per heavy atom. The van der Waals surface area contributed by atoms with Gasteiger partial charge in [0.15, 0.2) is 0 Å². The van der Waals surface area contributed by atoms with Crippen molar-refractivity contribution in [1.82, 2.24) is 4.90 Å². The van der Waals surface area contributed by atoms with Gasteiger partial charge in [0.2, 0.25) is 11.8 Å². The molecule has 1 fully saturated rings. The van der Waals surface area contributed by atoms with E-state index in [0.29, 0.717) is 36.3 Å². The van der Waals surface area contributed by atoms with Crippen LogP contribution in [0.4, 0.5) is 17.1 Å². The molecule has 0 aromatic heterocycles. The minimum Gasteiger partial charge on any atom is -0.326 e. The first kappa shape index (κ1) is 22.0. The van der Waals surface area contributed by atoms with E-state index < -0.39 is 0 Å². The largest absolute Gasteiger partial charge is 0.326 e. The fourth-order valence-electron chi connectivity index (χ4n) is 4.24. The molecule has 0 unspecified atom stereocenters. The molecule has 0 atom stereocenters. The highest BCUT2D eigenvalue weighted by molar-refractivity contribution is 6.05. The third kappa shape index (κ3) is 5.95. The summed E-state index contributed by atoms with van der Waals surface area (Å²) in [6, 6.07) is 12.5. The van der Waals surface area contributed by atoms with E-state index in [0.717, 1.165) is 37.2 Å². The summed E-state index contributed by atoms with van der Waals surface area (Å²) in [4.78, 5) is 38.8. The van der Waals surface area contributed by atoms with E-state index in [1.807, 2.05) is 6.07 Å². The molecule has 168 valence electrons. The smallest absolute Gasteiger partial charge is 0.255 e. The molecule has 7 heteroatoms. The minimum absolute atomic E-state index is 0.00348. The molecule has 2 aromatic carbocycles. The van der Waals surface area contributed by atoms with Crippen LogP contribution < -0.4 is 16.0 Å². The number of carbonyl (C=O) groups excluding carboxylic acids is 3. The summed E-state index contributed by atoms with van der Waals surface area (Å²) >= 11 is 0. The van der Waals surface area contributed by atoms with Crippen LogP contribution in [0.1, 0.15) is 54.4 Å². The lowest BCUT2D eigenvalue weighted by Crippen LogP contribution is -2.35. The van der Waals surface area contributed by atoms with E-state index in [-0.39, 0.29) is 17.7 Å². The lowest BCUT2D eigenvalue weighted by atomic mass is 10.00. The monoisotopic (exact) mass is 434 g/mol. The van der Waals surface area contributed by atoms with Crippen molar-refractivity contribution in [2.24, 2.45) is 0 Å². The number of fused-ring (bicyclic) bond motifs is 1. The number of hydrogen-bond acceptors (Lipinski definition) is 4. The van der Waals surface area contributed by atoms with Crippen molar-refractivity contribution in [2.75, 3.05) is 35.6 Å². The Balaban J connectivity index is 1.30.